The van der Waals surface area contributed by atoms with E-state index in [4.69, 9.17) is 12.2 Å². The lowest BCUT2D eigenvalue weighted by molar-refractivity contribution is 0.606. The molecule has 1 unspecified atom stereocenters. The van der Waals surface area contributed by atoms with E-state index < -0.39 is 0 Å². The SMILES string of the molecule is CCCn1c(N(C)C(C)CCSC)n[nH]c1=S. The Morgan fingerprint density at radius 3 is 2.88 bits per heavy atom. The van der Waals surface area contributed by atoms with Crippen LogP contribution in [0.25, 0.3) is 0 Å². The van der Waals surface area contributed by atoms with Crippen molar-refractivity contribution in [1.29, 1.82) is 0 Å². The number of hydrogen-bond donors (Lipinski definition) is 1. The average molecular weight is 274 g/mol. The maximum absolute atomic E-state index is 5.25. The maximum atomic E-state index is 5.25. The molecule has 0 aromatic carbocycles. The number of aromatic amines is 1. The first kappa shape index (κ1) is 14.6. The molecule has 0 amide bonds. The molecule has 1 N–H and O–H groups in total. The Morgan fingerprint density at radius 1 is 1.59 bits per heavy atom. The Kier molecular flexibility index (Phi) is 6.05. The molecule has 0 spiro atoms. The van der Waals surface area contributed by atoms with Crippen molar-refractivity contribution < 1.29 is 0 Å². The van der Waals surface area contributed by atoms with E-state index in [2.05, 4.69) is 46.8 Å². The Balaban J connectivity index is 2.80. The van der Waals surface area contributed by atoms with E-state index >= 15 is 0 Å². The van der Waals surface area contributed by atoms with Gasteiger partial charge < -0.3 is 4.90 Å². The largest absolute Gasteiger partial charge is 0.341 e. The molecule has 0 radical (unpaired) electrons. The second-order valence-electron chi connectivity index (χ2n) is 4.22. The fourth-order valence-electron chi connectivity index (χ4n) is 1.68. The quantitative estimate of drug-likeness (QED) is 0.776. The summed E-state index contributed by atoms with van der Waals surface area (Å²) in [5.41, 5.74) is 0. The standard InChI is InChI=1S/C11H22N4S2/c1-5-7-15-10(12-13-11(15)16)14(3)9(2)6-8-17-4/h9H,5-8H2,1-4H3,(H,13,16). The molecule has 0 fully saturated rings. The van der Waals surface area contributed by atoms with Crippen molar-refractivity contribution in [2.45, 2.75) is 39.3 Å². The molecule has 0 saturated carbocycles. The first-order valence-corrected chi connectivity index (χ1v) is 7.79. The summed E-state index contributed by atoms with van der Waals surface area (Å²) in [5, 5.41) is 7.21. The van der Waals surface area contributed by atoms with Gasteiger partial charge in [0.1, 0.15) is 0 Å². The number of H-pyrrole nitrogens is 1. The molecular formula is C11H22N4S2. The normalized spacial score (nSPS) is 12.7. The first-order chi connectivity index (χ1) is 8.11. The lowest BCUT2D eigenvalue weighted by Crippen LogP contribution is -2.31. The van der Waals surface area contributed by atoms with Crippen LogP contribution in [0.3, 0.4) is 0 Å². The zero-order valence-electron chi connectivity index (χ0n) is 11.1. The molecule has 6 heteroatoms. The molecule has 17 heavy (non-hydrogen) atoms. The molecule has 0 aliphatic carbocycles. The van der Waals surface area contributed by atoms with Gasteiger partial charge in [0.25, 0.3) is 0 Å². The molecule has 4 nitrogen and oxygen atoms in total. The van der Waals surface area contributed by atoms with Crippen molar-refractivity contribution in [3.8, 4) is 0 Å². The second-order valence-corrected chi connectivity index (χ2v) is 5.59. The molecule has 0 saturated heterocycles. The summed E-state index contributed by atoms with van der Waals surface area (Å²) in [7, 11) is 2.09. The molecule has 1 aromatic heterocycles. The van der Waals surface area contributed by atoms with Crippen molar-refractivity contribution >= 4 is 29.9 Å². The molecule has 0 aliphatic heterocycles. The van der Waals surface area contributed by atoms with Gasteiger partial charge in [-0.1, -0.05) is 6.92 Å². The molecule has 1 atom stereocenters. The van der Waals surface area contributed by atoms with Gasteiger partial charge in [0.15, 0.2) is 4.77 Å². The monoisotopic (exact) mass is 274 g/mol. The Hall–Kier alpha value is -0.490. The minimum atomic E-state index is 0.475. The molecule has 0 aliphatic rings. The fourth-order valence-corrected chi connectivity index (χ4v) is 2.48. The smallest absolute Gasteiger partial charge is 0.225 e. The highest BCUT2D eigenvalue weighted by Gasteiger charge is 2.15. The van der Waals surface area contributed by atoms with Crippen LogP contribution in [0.2, 0.25) is 0 Å². The number of nitrogens with zero attached hydrogens (tertiary/aromatic N) is 3. The topological polar surface area (TPSA) is 36.9 Å². The summed E-state index contributed by atoms with van der Waals surface area (Å²) in [6.45, 7) is 5.30. The van der Waals surface area contributed by atoms with E-state index in [1.54, 1.807) is 0 Å². The lowest BCUT2D eigenvalue weighted by atomic mass is 10.2. The summed E-state index contributed by atoms with van der Waals surface area (Å²) >= 11 is 7.13. The Bertz CT molecular complexity index is 385. The van der Waals surface area contributed by atoms with Gasteiger partial charge in [-0.2, -0.15) is 11.8 Å². The summed E-state index contributed by atoms with van der Waals surface area (Å²) in [5.74, 6) is 2.12. The van der Waals surface area contributed by atoms with E-state index in [9.17, 15) is 0 Å². The predicted molar refractivity (Wildman–Crippen MR) is 78.6 cm³/mol. The van der Waals surface area contributed by atoms with Crippen LogP contribution in [-0.2, 0) is 6.54 Å². The number of thioether (sulfide) groups is 1. The van der Waals surface area contributed by atoms with E-state index in [0.717, 1.165) is 25.3 Å². The number of hydrogen-bond acceptors (Lipinski definition) is 4. The minimum absolute atomic E-state index is 0.475. The molecule has 98 valence electrons. The van der Waals surface area contributed by atoms with Crippen LogP contribution in [0.4, 0.5) is 5.95 Å². The molecule has 0 bridgehead atoms. The van der Waals surface area contributed by atoms with Gasteiger partial charge in [-0.05, 0) is 44.0 Å². The molecule has 1 heterocycles. The summed E-state index contributed by atoms with van der Waals surface area (Å²) in [4.78, 5) is 2.21. The second kappa shape index (κ2) is 7.06. The lowest BCUT2D eigenvalue weighted by Gasteiger charge is -2.25. The third kappa shape index (κ3) is 3.74. The van der Waals surface area contributed by atoms with Gasteiger partial charge in [0, 0.05) is 19.6 Å². The highest BCUT2D eigenvalue weighted by molar-refractivity contribution is 7.98. The van der Waals surface area contributed by atoms with Gasteiger partial charge >= 0.3 is 0 Å². The van der Waals surface area contributed by atoms with Crippen LogP contribution >= 0.6 is 24.0 Å². The fraction of sp³-hybridized carbons (Fsp3) is 0.818. The average Bonchev–Trinajstić information content (AvgIpc) is 2.68. The van der Waals surface area contributed by atoms with Crippen LogP contribution in [0, 0.1) is 4.77 Å². The van der Waals surface area contributed by atoms with Gasteiger partial charge in [0.2, 0.25) is 5.95 Å². The van der Waals surface area contributed by atoms with Crippen LogP contribution in [-0.4, -0.2) is 39.9 Å². The molecule has 1 rings (SSSR count). The third-order valence-electron chi connectivity index (χ3n) is 2.90. The van der Waals surface area contributed by atoms with Crippen LogP contribution in [0.5, 0.6) is 0 Å². The van der Waals surface area contributed by atoms with E-state index in [1.807, 2.05) is 11.8 Å². The summed E-state index contributed by atoms with van der Waals surface area (Å²) in [6.07, 6.45) is 4.36. The Labute approximate surface area is 113 Å². The van der Waals surface area contributed by atoms with Crippen molar-refractivity contribution in [3.05, 3.63) is 4.77 Å². The first-order valence-electron chi connectivity index (χ1n) is 5.98. The zero-order chi connectivity index (χ0) is 12.8. The highest BCUT2D eigenvalue weighted by atomic mass is 32.2. The summed E-state index contributed by atoms with van der Waals surface area (Å²) in [6, 6.07) is 0.475. The summed E-state index contributed by atoms with van der Waals surface area (Å²) < 4.78 is 2.79. The van der Waals surface area contributed by atoms with E-state index in [0.29, 0.717) is 10.8 Å². The number of anilines is 1. The van der Waals surface area contributed by atoms with Crippen LogP contribution < -0.4 is 4.90 Å². The van der Waals surface area contributed by atoms with Crippen molar-refractivity contribution in [1.82, 2.24) is 14.8 Å². The van der Waals surface area contributed by atoms with Gasteiger partial charge in [-0.3, -0.25) is 4.57 Å². The van der Waals surface area contributed by atoms with Gasteiger partial charge in [-0.15, -0.1) is 5.10 Å². The Morgan fingerprint density at radius 2 is 2.29 bits per heavy atom. The number of nitrogens with one attached hydrogen (secondary N) is 1. The minimum Gasteiger partial charge on any atom is -0.341 e. The predicted octanol–water partition coefficient (Wildman–Crippen LogP) is 2.93. The van der Waals surface area contributed by atoms with Crippen molar-refractivity contribution in [3.63, 3.8) is 0 Å². The highest BCUT2D eigenvalue weighted by Crippen LogP contribution is 2.16. The number of rotatable bonds is 7. The molecule has 1 aromatic rings. The van der Waals surface area contributed by atoms with E-state index in [1.165, 1.54) is 5.75 Å². The van der Waals surface area contributed by atoms with Crippen LogP contribution in [0.1, 0.15) is 26.7 Å². The maximum Gasteiger partial charge on any atom is 0.225 e. The van der Waals surface area contributed by atoms with E-state index in [-0.39, 0.29) is 0 Å². The van der Waals surface area contributed by atoms with Gasteiger partial charge in [0.05, 0.1) is 0 Å². The van der Waals surface area contributed by atoms with Crippen LogP contribution in [0.15, 0.2) is 0 Å². The van der Waals surface area contributed by atoms with Crippen molar-refractivity contribution in [2.75, 3.05) is 24.0 Å². The molecular weight excluding hydrogens is 252 g/mol. The van der Waals surface area contributed by atoms with Gasteiger partial charge in [-0.25, -0.2) is 5.10 Å². The zero-order valence-corrected chi connectivity index (χ0v) is 12.7. The third-order valence-corrected chi connectivity index (χ3v) is 3.86. The van der Waals surface area contributed by atoms with Crippen molar-refractivity contribution in [2.24, 2.45) is 0 Å². The number of aromatic nitrogens is 3.